The molecule has 1 amide bonds. The number of phenols is 1. The maximum Gasteiger partial charge on any atom is 0.250 e. The number of thioether (sulfide) groups is 1. The quantitative estimate of drug-likeness (QED) is 0.247. The lowest BCUT2D eigenvalue weighted by Gasteiger charge is -2.10. The minimum absolute atomic E-state index is 0.108. The van der Waals surface area contributed by atoms with Crippen molar-refractivity contribution in [1.29, 1.82) is 0 Å². The standard InChI is InChI=1S/C24H22N6O2S/c1-16-6-8-20(9-7-16)30-23(18-10-12-25-13-11-18)28-29-24(30)33-15-22(32)27-26-17(2)19-4-3-5-21(31)14-19/h3-14,31H,15H2,1-2H3,(H,27,32)/b26-17+. The Labute approximate surface area is 195 Å². The largest absolute Gasteiger partial charge is 0.508 e. The Morgan fingerprint density at radius 1 is 1.09 bits per heavy atom. The third kappa shape index (κ3) is 5.45. The van der Waals surface area contributed by atoms with Gasteiger partial charge in [-0.15, -0.1) is 10.2 Å². The Morgan fingerprint density at radius 2 is 1.85 bits per heavy atom. The summed E-state index contributed by atoms with van der Waals surface area (Å²) < 4.78 is 1.92. The van der Waals surface area contributed by atoms with Crippen molar-refractivity contribution in [3.8, 4) is 22.8 Å². The van der Waals surface area contributed by atoms with Crippen LogP contribution < -0.4 is 5.43 Å². The Balaban J connectivity index is 1.52. The van der Waals surface area contributed by atoms with Crippen molar-refractivity contribution < 1.29 is 9.90 Å². The minimum atomic E-state index is -0.275. The fourth-order valence-electron chi connectivity index (χ4n) is 3.08. The van der Waals surface area contributed by atoms with Gasteiger partial charge in [0, 0.05) is 29.2 Å². The summed E-state index contributed by atoms with van der Waals surface area (Å²) in [5.41, 5.74) is 6.79. The molecule has 0 bridgehead atoms. The number of benzene rings is 2. The maximum atomic E-state index is 12.4. The first-order valence-electron chi connectivity index (χ1n) is 10.2. The van der Waals surface area contributed by atoms with Crippen LogP contribution in [0.25, 0.3) is 17.1 Å². The highest BCUT2D eigenvalue weighted by atomic mass is 32.2. The number of pyridine rings is 1. The highest BCUT2D eigenvalue weighted by Gasteiger charge is 2.17. The zero-order valence-electron chi connectivity index (χ0n) is 18.1. The molecule has 0 aliphatic rings. The number of nitrogens with zero attached hydrogens (tertiary/aromatic N) is 5. The molecule has 2 aromatic heterocycles. The lowest BCUT2D eigenvalue weighted by molar-refractivity contribution is -0.118. The van der Waals surface area contributed by atoms with Crippen LogP contribution in [-0.2, 0) is 4.79 Å². The average molecular weight is 459 g/mol. The van der Waals surface area contributed by atoms with Gasteiger partial charge in [0.1, 0.15) is 5.75 Å². The number of nitrogens with one attached hydrogen (secondary N) is 1. The molecule has 2 heterocycles. The van der Waals surface area contributed by atoms with Crippen LogP contribution in [0, 0.1) is 6.92 Å². The number of hydrazone groups is 1. The van der Waals surface area contributed by atoms with Crippen molar-refractivity contribution in [1.82, 2.24) is 25.2 Å². The SMILES string of the molecule is C/C(=N\NC(=O)CSc1nnc(-c2ccncc2)n1-c1ccc(C)cc1)c1cccc(O)c1. The number of carbonyl (C=O) groups is 1. The van der Waals surface area contributed by atoms with Gasteiger partial charge in [0.25, 0.3) is 5.91 Å². The van der Waals surface area contributed by atoms with Crippen LogP contribution in [-0.4, -0.2) is 42.2 Å². The van der Waals surface area contributed by atoms with Gasteiger partial charge in [-0.3, -0.25) is 14.3 Å². The van der Waals surface area contributed by atoms with Crippen LogP contribution in [0.2, 0.25) is 0 Å². The van der Waals surface area contributed by atoms with E-state index in [0.717, 1.165) is 22.4 Å². The summed E-state index contributed by atoms with van der Waals surface area (Å²) in [6.45, 7) is 3.79. The van der Waals surface area contributed by atoms with Gasteiger partial charge in [0.05, 0.1) is 11.5 Å². The fourth-order valence-corrected chi connectivity index (χ4v) is 3.83. The number of hydrogen-bond donors (Lipinski definition) is 2. The zero-order valence-corrected chi connectivity index (χ0v) is 19.0. The number of rotatable bonds is 7. The first kappa shape index (κ1) is 22.2. The van der Waals surface area contributed by atoms with Gasteiger partial charge < -0.3 is 5.11 Å². The number of aromatic hydroxyl groups is 1. The molecule has 0 unspecified atom stereocenters. The van der Waals surface area contributed by atoms with Crippen molar-refractivity contribution in [3.63, 3.8) is 0 Å². The van der Waals surface area contributed by atoms with Gasteiger partial charge >= 0.3 is 0 Å². The molecule has 0 saturated heterocycles. The van der Waals surface area contributed by atoms with Crippen molar-refractivity contribution in [3.05, 3.63) is 84.2 Å². The molecule has 8 nitrogen and oxygen atoms in total. The lowest BCUT2D eigenvalue weighted by Crippen LogP contribution is -2.21. The maximum absolute atomic E-state index is 12.4. The zero-order chi connectivity index (χ0) is 23.2. The van der Waals surface area contributed by atoms with E-state index in [0.29, 0.717) is 16.7 Å². The molecule has 0 atom stereocenters. The molecule has 0 fully saturated rings. The van der Waals surface area contributed by atoms with Crippen LogP contribution >= 0.6 is 11.8 Å². The van der Waals surface area contributed by atoms with Crippen LogP contribution in [0.1, 0.15) is 18.1 Å². The monoisotopic (exact) mass is 458 g/mol. The summed E-state index contributed by atoms with van der Waals surface area (Å²) >= 11 is 1.27. The van der Waals surface area contributed by atoms with Gasteiger partial charge in [-0.2, -0.15) is 5.10 Å². The second-order valence-electron chi connectivity index (χ2n) is 7.28. The van der Waals surface area contributed by atoms with E-state index in [2.05, 4.69) is 25.7 Å². The van der Waals surface area contributed by atoms with Crippen molar-refractivity contribution in [2.24, 2.45) is 5.10 Å². The second-order valence-corrected chi connectivity index (χ2v) is 8.23. The smallest absolute Gasteiger partial charge is 0.250 e. The van der Waals surface area contributed by atoms with Gasteiger partial charge in [0.15, 0.2) is 11.0 Å². The van der Waals surface area contributed by atoms with E-state index in [1.54, 1.807) is 37.5 Å². The Bertz CT molecular complexity index is 1290. The topological polar surface area (TPSA) is 105 Å². The highest BCUT2D eigenvalue weighted by Crippen LogP contribution is 2.27. The van der Waals surface area contributed by atoms with Crippen LogP contribution in [0.15, 0.2) is 83.3 Å². The number of carbonyl (C=O) groups excluding carboxylic acids is 1. The molecule has 2 aromatic carbocycles. The Morgan fingerprint density at radius 3 is 2.58 bits per heavy atom. The van der Waals surface area contributed by atoms with E-state index in [4.69, 9.17) is 0 Å². The number of hydrogen-bond acceptors (Lipinski definition) is 7. The van der Waals surface area contributed by atoms with Crippen LogP contribution in [0.5, 0.6) is 5.75 Å². The molecule has 0 aliphatic carbocycles. The predicted molar refractivity (Wildman–Crippen MR) is 129 cm³/mol. The molecular formula is C24H22N6O2S. The Kier molecular flexibility index (Phi) is 6.80. The molecule has 166 valence electrons. The van der Waals surface area contributed by atoms with Crippen molar-refractivity contribution in [2.45, 2.75) is 19.0 Å². The summed E-state index contributed by atoms with van der Waals surface area (Å²) in [6.07, 6.45) is 3.41. The molecule has 0 radical (unpaired) electrons. The molecule has 33 heavy (non-hydrogen) atoms. The summed E-state index contributed by atoms with van der Waals surface area (Å²) in [4.78, 5) is 16.5. The summed E-state index contributed by atoms with van der Waals surface area (Å²) in [6, 6.07) is 18.5. The molecule has 2 N–H and O–H groups in total. The van der Waals surface area contributed by atoms with E-state index >= 15 is 0 Å². The molecule has 9 heteroatoms. The molecular weight excluding hydrogens is 436 g/mol. The third-order valence-electron chi connectivity index (χ3n) is 4.81. The first-order valence-corrected chi connectivity index (χ1v) is 11.2. The molecule has 0 aliphatic heterocycles. The summed E-state index contributed by atoms with van der Waals surface area (Å²) in [5, 5.41) is 23.0. The average Bonchev–Trinajstić information content (AvgIpc) is 3.26. The normalized spacial score (nSPS) is 11.4. The second kappa shape index (κ2) is 10.1. The van der Waals surface area contributed by atoms with Crippen LogP contribution in [0.4, 0.5) is 0 Å². The molecule has 4 rings (SSSR count). The summed E-state index contributed by atoms with van der Waals surface area (Å²) in [5.74, 6) is 0.645. The minimum Gasteiger partial charge on any atom is -0.508 e. The number of amides is 1. The number of aryl methyl sites for hydroxylation is 1. The van der Waals surface area contributed by atoms with E-state index in [-0.39, 0.29) is 17.4 Å². The third-order valence-corrected chi connectivity index (χ3v) is 5.74. The lowest BCUT2D eigenvalue weighted by atomic mass is 10.1. The fraction of sp³-hybridized carbons (Fsp3) is 0.125. The van der Waals surface area contributed by atoms with E-state index in [1.807, 2.05) is 54.0 Å². The first-order chi connectivity index (χ1) is 16.0. The van der Waals surface area contributed by atoms with Gasteiger partial charge in [0.2, 0.25) is 0 Å². The van der Waals surface area contributed by atoms with Crippen molar-refractivity contribution in [2.75, 3.05) is 5.75 Å². The van der Waals surface area contributed by atoms with E-state index in [1.165, 1.54) is 11.8 Å². The molecule has 0 spiro atoms. The van der Waals surface area contributed by atoms with Gasteiger partial charge in [-0.25, -0.2) is 5.43 Å². The van der Waals surface area contributed by atoms with Crippen molar-refractivity contribution >= 4 is 23.4 Å². The number of aromatic nitrogens is 4. The van der Waals surface area contributed by atoms with E-state index < -0.39 is 0 Å². The Hall–Kier alpha value is -3.98. The molecule has 0 saturated carbocycles. The predicted octanol–water partition coefficient (Wildman–Crippen LogP) is 3.98. The number of phenolic OH excluding ortho intramolecular Hbond substituents is 1. The van der Waals surface area contributed by atoms with E-state index in [9.17, 15) is 9.90 Å². The van der Waals surface area contributed by atoms with Gasteiger partial charge in [-0.05, 0) is 50.2 Å². The van der Waals surface area contributed by atoms with Crippen LogP contribution in [0.3, 0.4) is 0 Å². The summed E-state index contributed by atoms with van der Waals surface area (Å²) in [7, 11) is 0. The van der Waals surface area contributed by atoms with Gasteiger partial charge in [-0.1, -0.05) is 41.6 Å². The molecule has 4 aromatic rings. The highest BCUT2D eigenvalue weighted by molar-refractivity contribution is 7.99.